The van der Waals surface area contributed by atoms with Gasteiger partial charge in [-0.05, 0) is 29.6 Å². The Labute approximate surface area is 111 Å². The lowest BCUT2D eigenvalue weighted by Gasteiger charge is -2.41. The summed E-state index contributed by atoms with van der Waals surface area (Å²) in [6, 6.07) is 4.20. The van der Waals surface area contributed by atoms with E-state index >= 15 is 0 Å². The number of nitrogens with one attached hydrogen (secondary N) is 2. The van der Waals surface area contributed by atoms with Crippen molar-refractivity contribution >= 4 is 35.8 Å². The predicted molar refractivity (Wildman–Crippen MR) is 75.1 cm³/mol. The molecule has 1 aromatic rings. The molecule has 94 valence electrons. The third-order valence-electron chi connectivity index (χ3n) is 3.94. The summed E-state index contributed by atoms with van der Waals surface area (Å²) < 4.78 is 1.25. The van der Waals surface area contributed by atoms with Gasteiger partial charge in [-0.25, -0.2) is 0 Å². The van der Waals surface area contributed by atoms with Crippen LogP contribution in [0.1, 0.15) is 24.1 Å². The highest BCUT2D eigenvalue weighted by molar-refractivity contribution is 7.20. The summed E-state index contributed by atoms with van der Waals surface area (Å²) in [6.45, 7) is 0. The van der Waals surface area contributed by atoms with E-state index < -0.39 is 0 Å². The molecule has 1 atom stereocenters. The second-order valence-electron chi connectivity index (χ2n) is 5.26. The van der Waals surface area contributed by atoms with Crippen molar-refractivity contribution in [1.82, 2.24) is 10.2 Å². The van der Waals surface area contributed by atoms with Crippen LogP contribution >= 0.6 is 11.3 Å². The van der Waals surface area contributed by atoms with Gasteiger partial charge in [-0.2, -0.15) is 11.3 Å². The number of carbonyl (C=O) groups is 1. The van der Waals surface area contributed by atoms with Crippen molar-refractivity contribution in [3.8, 4) is 0 Å². The molecule has 2 heterocycles. The van der Waals surface area contributed by atoms with Crippen LogP contribution in [0.25, 0.3) is 0 Å². The van der Waals surface area contributed by atoms with Crippen LogP contribution in [-0.4, -0.2) is 31.7 Å². The SMILES string of the molecule is Bc1ccc(C2(C3CC3)CC(=O)N(C)C(=N)N2)s1. The van der Waals surface area contributed by atoms with Gasteiger partial charge in [0.1, 0.15) is 0 Å². The van der Waals surface area contributed by atoms with Gasteiger partial charge in [-0.3, -0.25) is 15.1 Å². The van der Waals surface area contributed by atoms with Crippen LogP contribution in [0.4, 0.5) is 0 Å². The Morgan fingerprint density at radius 2 is 2.28 bits per heavy atom. The van der Waals surface area contributed by atoms with Crippen LogP contribution in [0, 0.1) is 11.3 Å². The average molecular weight is 261 g/mol. The summed E-state index contributed by atoms with van der Waals surface area (Å²) in [5.74, 6) is 0.759. The minimum atomic E-state index is -0.320. The first-order chi connectivity index (χ1) is 8.53. The summed E-state index contributed by atoms with van der Waals surface area (Å²) in [5, 5.41) is 11.3. The number of hydrogen-bond acceptors (Lipinski definition) is 3. The zero-order valence-electron chi connectivity index (χ0n) is 10.6. The monoisotopic (exact) mass is 261 g/mol. The summed E-state index contributed by atoms with van der Waals surface area (Å²) >= 11 is 1.74. The Balaban J connectivity index is 2.02. The molecule has 1 saturated heterocycles. The quantitative estimate of drug-likeness (QED) is 0.736. The highest BCUT2D eigenvalue weighted by Crippen LogP contribution is 2.50. The Morgan fingerprint density at radius 1 is 1.56 bits per heavy atom. The van der Waals surface area contributed by atoms with E-state index in [0.29, 0.717) is 12.3 Å². The molecule has 1 aliphatic heterocycles. The molecule has 0 radical (unpaired) electrons. The van der Waals surface area contributed by atoms with Gasteiger partial charge in [0.25, 0.3) is 0 Å². The minimum Gasteiger partial charge on any atom is -0.345 e. The number of thiophene rings is 1. The lowest BCUT2D eigenvalue weighted by atomic mass is 9.85. The van der Waals surface area contributed by atoms with Gasteiger partial charge in [0.05, 0.1) is 12.0 Å². The first-order valence-electron chi connectivity index (χ1n) is 6.23. The molecule has 0 bridgehead atoms. The maximum atomic E-state index is 12.1. The van der Waals surface area contributed by atoms with Gasteiger partial charge in [0, 0.05) is 11.9 Å². The molecule has 18 heavy (non-hydrogen) atoms. The van der Waals surface area contributed by atoms with Crippen molar-refractivity contribution in [2.24, 2.45) is 5.92 Å². The third kappa shape index (κ3) is 1.67. The lowest BCUT2D eigenvalue weighted by molar-refractivity contribution is -0.130. The van der Waals surface area contributed by atoms with Gasteiger partial charge in [-0.15, -0.1) is 0 Å². The van der Waals surface area contributed by atoms with E-state index in [4.69, 9.17) is 5.41 Å². The van der Waals surface area contributed by atoms with Crippen LogP contribution in [0.15, 0.2) is 12.1 Å². The molecule has 4 nitrogen and oxygen atoms in total. The fourth-order valence-corrected chi connectivity index (χ4v) is 3.76. The van der Waals surface area contributed by atoms with E-state index in [1.54, 1.807) is 18.4 Å². The molecule has 1 amide bonds. The molecule has 1 saturated carbocycles. The van der Waals surface area contributed by atoms with Crippen molar-refractivity contribution in [3.63, 3.8) is 0 Å². The zero-order valence-corrected chi connectivity index (χ0v) is 11.4. The Morgan fingerprint density at radius 3 is 2.78 bits per heavy atom. The van der Waals surface area contributed by atoms with Gasteiger partial charge < -0.3 is 5.32 Å². The fraction of sp³-hybridized carbons (Fsp3) is 0.500. The van der Waals surface area contributed by atoms with Gasteiger partial charge in [0.2, 0.25) is 5.91 Å². The van der Waals surface area contributed by atoms with E-state index in [1.165, 1.54) is 14.6 Å². The summed E-state index contributed by atoms with van der Waals surface area (Å²) in [6.07, 6.45) is 2.76. The van der Waals surface area contributed by atoms with Crippen LogP contribution in [-0.2, 0) is 10.3 Å². The molecule has 0 spiro atoms. The molecule has 2 fully saturated rings. The first kappa shape index (κ1) is 11.8. The average Bonchev–Trinajstić information content (AvgIpc) is 3.09. The highest BCUT2D eigenvalue weighted by Gasteiger charge is 2.52. The molecule has 1 aliphatic carbocycles. The van der Waals surface area contributed by atoms with E-state index in [0.717, 1.165) is 12.8 Å². The topological polar surface area (TPSA) is 56.2 Å². The predicted octanol–water partition coefficient (Wildman–Crippen LogP) is -0.00173. The first-order valence-corrected chi connectivity index (χ1v) is 7.05. The number of guanidine groups is 1. The van der Waals surface area contributed by atoms with Gasteiger partial charge in [-0.1, -0.05) is 6.07 Å². The molecule has 0 aromatic carbocycles. The molecular weight excluding hydrogens is 245 g/mol. The molecule has 6 heteroatoms. The zero-order chi connectivity index (χ0) is 12.9. The van der Waals surface area contributed by atoms with Crippen molar-refractivity contribution in [2.45, 2.75) is 24.8 Å². The van der Waals surface area contributed by atoms with E-state index in [1.807, 2.05) is 0 Å². The second-order valence-corrected chi connectivity index (χ2v) is 6.55. The molecule has 1 aromatic heterocycles. The molecule has 2 N–H and O–H groups in total. The second kappa shape index (κ2) is 3.85. The van der Waals surface area contributed by atoms with Crippen molar-refractivity contribution in [2.75, 3.05) is 7.05 Å². The van der Waals surface area contributed by atoms with Crippen molar-refractivity contribution in [1.29, 1.82) is 5.41 Å². The number of nitrogens with zero attached hydrogens (tertiary/aromatic N) is 1. The van der Waals surface area contributed by atoms with Gasteiger partial charge in [0.15, 0.2) is 13.8 Å². The van der Waals surface area contributed by atoms with Crippen molar-refractivity contribution in [3.05, 3.63) is 17.0 Å². The molecular formula is C12H16BN3OS. The van der Waals surface area contributed by atoms with Crippen LogP contribution in [0.5, 0.6) is 0 Å². The minimum absolute atomic E-state index is 0.0386. The maximum Gasteiger partial charge on any atom is 0.231 e. The van der Waals surface area contributed by atoms with E-state index in [9.17, 15) is 4.79 Å². The van der Waals surface area contributed by atoms with Gasteiger partial charge >= 0.3 is 0 Å². The standard InChI is InChI=1S/C12H16BN3OS/c1-16-10(17)6-12(7-2-3-7,15-11(16)14)8-4-5-9(13)18-8/h4-5,7H,2-3,6,13H2,1H3,(H2,14,15). The Bertz CT molecular complexity index is 505. The number of rotatable bonds is 2. The Kier molecular flexibility index (Phi) is 2.52. The van der Waals surface area contributed by atoms with Crippen LogP contribution < -0.4 is 10.1 Å². The highest BCUT2D eigenvalue weighted by atomic mass is 32.1. The van der Waals surface area contributed by atoms with Crippen molar-refractivity contribution < 1.29 is 4.79 Å². The normalized spacial score (nSPS) is 28.4. The molecule has 1 unspecified atom stereocenters. The fourth-order valence-electron chi connectivity index (χ4n) is 2.67. The number of amides is 1. The molecule has 2 aliphatic rings. The lowest BCUT2D eigenvalue weighted by Crippen LogP contribution is -2.60. The largest absolute Gasteiger partial charge is 0.345 e. The summed E-state index contributed by atoms with van der Waals surface area (Å²) in [4.78, 5) is 14.7. The number of hydrogen-bond donors (Lipinski definition) is 2. The molecule has 3 rings (SSSR count). The van der Waals surface area contributed by atoms with Crippen LogP contribution in [0.3, 0.4) is 0 Å². The third-order valence-corrected chi connectivity index (χ3v) is 5.11. The van der Waals surface area contributed by atoms with E-state index in [2.05, 4.69) is 25.3 Å². The maximum absolute atomic E-state index is 12.1. The number of carbonyl (C=O) groups excluding carboxylic acids is 1. The van der Waals surface area contributed by atoms with Crippen LogP contribution in [0.2, 0.25) is 0 Å². The smallest absolute Gasteiger partial charge is 0.231 e. The van der Waals surface area contributed by atoms with E-state index in [-0.39, 0.29) is 17.4 Å². The summed E-state index contributed by atoms with van der Waals surface area (Å²) in [7, 11) is 3.74. The Hall–Kier alpha value is -1.30. The summed E-state index contributed by atoms with van der Waals surface area (Å²) in [5.41, 5.74) is -0.320.